The first-order chi connectivity index (χ1) is 10.2. The number of hydrogen-bond donors (Lipinski definition) is 1. The van der Waals surface area contributed by atoms with Gasteiger partial charge < -0.3 is 10.0 Å². The molecular weight excluding hydrogens is 257 g/mol. The number of hydrogen-bond acceptors (Lipinski definition) is 2. The zero-order valence-corrected chi connectivity index (χ0v) is 12.6. The molecule has 21 heavy (non-hydrogen) atoms. The minimum absolute atomic E-state index is 0.0205. The monoisotopic (exact) mass is 279 g/mol. The summed E-state index contributed by atoms with van der Waals surface area (Å²) in [7, 11) is 7.99. The van der Waals surface area contributed by atoms with Gasteiger partial charge in [-0.05, 0) is 30.4 Å². The van der Waals surface area contributed by atoms with E-state index < -0.39 is 0 Å². The molecule has 0 saturated heterocycles. The second-order valence-electron chi connectivity index (χ2n) is 5.51. The number of benzene rings is 2. The van der Waals surface area contributed by atoms with Gasteiger partial charge in [0.15, 0.2) is 0 Å². The number of likely N-dealkylation sites (N-methyl/N-ethyl adjacent to an activating group) is 1. The molecule has 0 fully saturated rings. The van der Waals surface area contributed by atoms with Crippen LogP contribution in [-0.2, 0) is 13.0 Å². The third-order valence-corrected chi connectivity index (χ3v) is 3.65. The number of aliphatic hydroxyl groups is 1. The summed E-state index contributed by atoms with van der Waals surface area (Å²) in [6.45, 7) is 1.88. The summed E-state index contributed by atoms with van der Waals surface area (Å²) in [5, 5.41) is 9.14. The summed E-state index contributed by atoms with van der Waals surface area (Å²) < 4.78 is 0. The van der Waals surface area contributed by atoms with E-state index in [0.717, 1.165) is 25.1 Å². The fourth-order valence-corrected chi connectivity index (χ4v) is 2.38. The standard InChI is InChI=1S/C18H22BNO/c1-20(11-10-15-6-3-2-4-7-15)13-16-8-5-9-17(12-16)18(19)14-21/h2-9,12,18,21H,10-11,13-14H2,1H3. The van der Waals surface area contributed by atoms with Crippen LogP contribution in [0.15, 0.2) is 54.6 Å². The van der Waals surface area contributed by atoms with E-state index in [4.69, 9.17) is 13.0 Å². The van der Waals surface area contributed by atoms with Gasteiger partial charge in [-0.25, -0.2) is 0 Å². The van der Waals surface area contributed by atoms with Crippen molar-refractivity contribution < 1.29 is 5.11 Å². The second-order valence-corrected chi connectivity index (χ2v) is 5.51. The van der Waals surface area contributed by atoms with Crippen LogP contribution in [0.4, 0.5) is 0 Å². The van der Waals surface area contributed by atoms with Crippen LogP contribution in [0.2, 0.25) is 0 Å². The van der Waals surface area contributed by atoms with Gasteiger partial charge >= 0.3 is 0 Å². The number of rotatable bonds is 7. The van der Waals surface area contributed by atoms with Gasteiger partial charge in [-0.15, -0.1) is 0 Å². The summed E-state index contributed by atoms with van der Waals surface area (Å²) in [6, 6.07) is 18.7. The first kappa shape index (κ1) is 15.8. The molecule has 3 heteroatoms. The first-order valence-corrected chi connectivity index (χ1v) is 7.37. The van der Waals surface area contributed by atoms with Gasteiger partial charge in [0.2, 0.25) is 0 Å². The third kappa shape index (κ3) is 5.03. The van der Waals surface area contributed by atoms with Crippen molar-refractivity contribution in [2.45, 2.75) is 18.8 Å². The Bertz CT molecular complexity index is 544. The highest BCUT2D eigenvalue weighted by atomic mass is 16.3. The van der Waals surface area contributed by atoms with Gasteiger partial charge in [0.25, 0.3) is 0 Å². The lowest BCUT2D eigenvalue weighted by Crippen LogP contribution is -2.20. The quantitative estimate of drug-likeness (QED) is 0.787. The molecule has 0 spiro atoms. The molecule has 0 saturated carbocycles. The lowest BCUT2D eigenvalue weighted by molar-refractivity contribution is 0.293. The maximum atomic E-state index is 9.14. The van der Waals surface area contributed by atoms with E-state index in [1.807, 2.05) is 18.2 Å². The molecule has 1 N–H and O–H groups in total. The molecule has 1 atom stereocenters. The molecule has 2 radical (unpaired) electrons. The van der Waals surface area contributed by atoms with Crippen LogP contribution in [0.1, 0.15) is 22.5 Å². The maximum Gasteiger partial charge on any atom is 0.0795 e. The molecule has 0 aliphatic heterocycles. The minimum Gasteiger partial charge on any atom is -0.397 e. The second kappa shape index (κ2) is 8.01. The molecule has 0 aliphatic rings. The topological polar surface area (TPSA) is 23.5 Å². The largest absolute Gasteiger partial charge is 0.397 e. The van der Waals surface area contributed by atoms with Gasteiger partial charge in [0, 0.05) is 19.7 Å². The Morgan fingerprint density at radius 2 is 1.76 bits per heavy atom. The Labute approximate surface area is 128 Å². The molecule has 0 amide bonds. The van der Waals surface area contributed by atoms with E-state index in [1.54, 1.807) is 0 Å². The highest BCUT2D eigenvalue weighted by Crippen LogP contribution is 2.15. The average molecular weight is 279 g/mol. The Hall–Kier alpha value is -1.58. The molecule has 2 rings (SSSR count). The SMILES string of the molecule is [B]C(CO)c1cccc(CN(C)CCc2ccccc2)c1. The van der Waals surface area contributed by atoms with Crippen molar-refractivity contribution in [2.24, 2.45) is 0 Å². The zero-order chi connectivity index (χ0) is 15.1. The van der Waals surface area contributed by atoms with Crippen molar-refractivity contribution in [3.8, 4) is 0 Å². The summed E-state index contributed by atoms with van der Waals surface area (Å²) >= 11 is 0. The van der Waals surface area contributed by atoms with Crippen molar-refractivity contribution in [1.82, 2.24) is 4.90 Å². The predicted octanol–water partition coefficient (Wildman–Crippen LogP) is 2.56. The highest BCUT2D eigenvalue weighted by Gasteiger charge is 2.06. The van der Waals surface area contributed by atoms with Crippen molar-refractivity contribution in [3.63, 3.8) is 0 Å². The Morgan fingerprint density at radius 3 is 2.48 bits per heavy atom. The van der Waals surface area contributed by atoms with E-state index >= 15 is 0 Å². The predicted molar refractivity (Wildman–Crippen MR) is 88.5 cm³/mol. The Balaban J connectivity index is 1.89. The zero-order valence-electron chi connectivity index (χ0n) is 12.6. The minimum atomic E-state index is -0.292. The first-order valence-electron chi connectivity index (χ1n) is 7.37. The van der Waals surface area contributed by atoms with Crippen molar-refractivity contribution in [1.29, 1.82) is 0 Å². The van der Waals surface area contributed by atoms with Gasteiger partial charge in [0.1, 0.15) is 0 Å². The lowest BCUT2D eigenvalue weighted by atomic mass is 9.81. The van der Waals surface area contributed by atoms with Crippen LogP contribution in [0.25, 0.3) is 0 Å². The van der Waals surface area contributed by atoms with E-state index in [-0.39, 0.29) is 12.4 Å². The maximum absolute atomic E-state index is 9.14. The molecule has 2 aromatic carbocycles. The van der Waals surface area contributed by atoms with E-state index in [2.05, 4.69) is 48.3 Å². The van der Waals surface area contributed by atoms with Gasteiger partial charge in [-0.3, -0.25) is 0 Å². The summed E-state index contributed by atoms with van der Waals surface area (Å²) in [4.78, 5) is 2.30. The van der Waals surface area contributed by atoms with Gasteiger partial charge in [0.05, 0.1) is 7.85 Å². The normalized spacial score (nSPS) is 12.5. The van der Waals surface area contributed by atoms with Gasteiger partial charge in [-0.2, -0.15) is 0 Å². The highest BCUT2D eigenvalue weighted by molar-refractivity contribution is 6.12. The van der Waals surface area contributed by atoms with Crippen molar-refractivity contribution >= 4 is 7.85 Å². The fourth-order valence-electron chi connectivity index (χ4n) is 2.38. The molecule has 2 aromatic rings. The molecule has 1 unspecified atom stereocenters. The Morgan fingerprint density at radius 1 is 1.05 bits per heavy atom. The molecular formula is C18H22BNO. The van der Waals surface area contributed by atoms with Crippen molar-refractivity contribution in [3.05, 3.63) is 71.3 Å². The van der Waals surface area contributed by atoms with Crippen LogP contribution < -0.4 is 0 Å². The lowest BCUT2D eigenvalue weighted by Gasteiger charge is -2.18. The van der Waals surface area contributed by atoms with Crippen molar-refractivity contribution in [2.75, 3.05) is 20.2 Å². The van der Waals surface area contributed by atoms with Crippen LogP contribution >= 0.6 is 0 Å². The average Bonchev–Trinajstić information content (AvgIpc) is 2.53. The summed E-state index contributed by atoms with van der Waals surface area (Å²) in [6.07, 6.45) is 1.05. The Kier molecular flexibility index (Phi) is 6.03. The molecule has 108 valence electrons. The molecule has 0 bridgehead atoms. The molecule has 2 nitrogen and oxygen atoms in total. The van der Waals surface area contributed by atoms with E-state index in [9.17, 15) is 0 Å². The van der Waals surface area contributed by atoms with Gasteiger partial charge in [-0.1, -0.05) is 60.2 Å². The molecule has 0 aromatic heterocycles. The number of nitrogens with zero attached hydrogens (tertiary/aromatic N) is 1. The van der Waals surface area contributed by atoms with Crippen LogP contribution in [-0.4, -0.2) is 38.1 Å². The summed E-state index contributed by atoms with van der Waals surface area (Å²) in [5.74, 6) is -0.292. The van der Waals surface area contributed by atoms with E-state index in [0.29, 0.717) is 0 Å². The molecule has 0 heterocycles. The fraction of sp³-hybridized carbons (Fsp3) is 0.333. The third-order valence-electron chi connectivity index (χ3n) is 3.65. The van der Waals surface area contributed by atoms with Crippen LogP contribution in [0.3, 0.4) is 0 Å². The van der Waals surface area contributed by atoms with Crippen LogP contribution in [0, 0.1) is 0 Å². The van der Waals surface area contributed by atoms with E-state index in [1.165, 1.54) is 11.1 Å². The molecule has 0 aliphatic carbocycles. The summed E-state index contributed by atoms with van der Waals surface area (Å²) in [5.41, 5.74) is 3.58. The smallest absolute Gasteiger partial charge is 0.0795 e. The van der Waals surface area contributed by atoms with Crippen LogP contribution in [0.5, 0.6) is 0 Å². The number of aliphatic hydroxyl groups excluding tert-OH is 1.